The van der Waals surface area contributed by atoms with Crippen molar-refractivity contribution < 1.29 is 4.74 Å². The molecule has 0 saturated carbocycles. The van der Waals surface area contributed by atoms with Gasteiger partial charge in [0.1, 0.15) is 17.0 Å². The number of aromatic nitrogens is 2. The molecule has 11 heavy (non-hydrogen) atoms. The van der Waals surface area contributed by atoms with Crippen molar-refractivity contribution in [3.63, 3.8) is 0 Å². The van der Waals surface area contributed by atoms with E-state index in [1.54, 1.807) is 6.20 Å². The molecule has 3 nitrogen and oxygen atoms in total. The van der Waals surface area contributed by atoms with Crippen molar-refractivity contribution in [3.05, 3.63) is 16.6 Å². The van der Waals surface area contributed by atoms with Crippen molar-refractivity contribution >= 4 is 15.9 Å². The van der Waals surface area contributed by atoms with Gasteiger partial charge in [-0.25, -0.2) is 4.98 Å². The fraction of sp³-hybridized carbons (Fsp3) is 0.571. The van der Waals surface area contributed by atoms with Crippen molar-refractivity contribution in [3.8, 4) is 0 Å². The highest BCUT2D eigenvalue weighted by Gasteiger charge is 2.02. The Morgan fingerprint density at radius 3 is 2.91 bits per heavy atom. The van der Waals surface area contributed by atoms with Crippen molar-refractivity contribution in [1.82, 2.24) is 9.55 Å². The van der Waals surface area contributed by atoms with E-state index in [2.05, 4.69) is 20.9 Å². The Balaban J connectivity index is 2.63. The molecule has 0 saturated heterocycles. The van der Waals surface area contributed by atoms with Crippen LogP contribution in [0.3, 0.4) is 0 Å². The molecule has 4 heteroatoms. The average Bonchev–Trinajstić information content (AvgIpc) is 2.31. The molecule has 62 valence electrons. The fourth-order valence-corrected chi connectivity index (χ4v) is 1.06. The molecule has 0 fully saturated rings. The molecule has 1 rings (SSSR count). The Morgan fingerprint density at radius 2 is 2.45 bits per heavy atom. The second kappa shape index (κ2) is 3.88. The molecule has 1 aromatic rings. The topological polar surface area (TPSA) is 27.1 Å². The van der Waals surface area contributed by atoms with Crippen molar-refractivity contribution in [1.29, 1.82) is 0 Å². The minimum atomic E-state index is 0.582. The summed E-state index contributed by atoms with van der Waals surface area (Å²) in [6, 6.07) is 0. The average molecular weight is 219 g/mol. The summed E-state index contributed by atoms with van der Waals surface area (Å²) in [5.41, 5.74) is 0. The molecule has 1 heterocycles. The summed E-state index contributed by atoms with van der Waals surface area (Å²) in [4.78, 5) is 4.14. The third-order valence-corrected chi connectivity index (χ3v) is 2.20. The van der Waals surface area contributed by atoms with Crippen LogP contribution in [0.5, 0.6) is 0 Å². The van der Waals surface area contributed by atoms with Gasteiger partial charge < -0.3 is 9.30 Å². The SMILES string of the molecule is CCOCc1ncc(Br)n1C. The summed E-state index contributed by atoms with van der Waals surface area (Å²) in [6.07, 6.45) is 1.77. The Morgan fingerprint density at radius 1 is 1.73 bits per heavy atom. The number of nitrogens with zero attached hydrogens (tertiary/aromatic N) is 2. The molecule has 0 aliphatic heterocycles. The number of imidazole rings is 1. The van der Waals surface area contributed by atoms with E-state index >= 15 is 0 Å². The third-order valence-electron chi connectivity index (χ3n) is 1.46. The summed E-state index contributed by atoms with van der Waals surface area (Å²) < 4.78 is 8.14. The molecule has 0 radical (unpaired) electrons. The lowest BCUT2D eigenvalue weighted by Crippen LogP contribution is -2.01. The zero-order valence-electron chi connectivity index (χ0n) is 6.67. The van der Waals surface area contributed by atoms with Gasteiger partial charge >= 0.3 is 0 Å². The van der Waals surface area contributed by atoms with E-state index in [1.807, 2.05) is 18.5 Å². The highest BCUT2D eigenvalue weighted by Crippen LogP contribution is 2.10. The van der Waals surface area contributed by atoms with Crippen LogP contribution in [0.2, 0.25) is 0 Å². The standard InChI is InChI=1S/C7H11BrN2O/c1-3-11-5-7-9-4-6(8)10(7)2/h4H,3,5H2,1-2H3. The van der Waals surface area contributed by atoms with Gasteiger partial charge in [-0.1, -0.05) is 0 Å². The van der Waals surface area contributed by atoms with Crippen LogP contribution in [-0.4, -0.2) is 16.2 Å². The molecule has 0 spiro atoms. The molecule has 0 aliphatic carbocycles. The number of hydrogen-bond acceptors (Lipinski definition) is 2. The Kier molecular flexibility index (Phi) is 3.08. The Hall–Kier alpha value is -0.350. The van der Waals surface area contributed by atoms with Crippen LogP contribution in [0.15, 0.2) is 10.8 Å². The van der Waals surface area contributed by atoms with Crippen LogP contribution in [0.25, 0.3) is 0 Å². The fourth-order valence-electron chi connectivity index (χ4n) is 0.752. The lowest BCUT2D eigenvalue weighted by molar-refractivity contribution is 0.126. The first-order valence-corrected chi connectivity index (χ1v) is 4.28. The lowest BCUT2D eigenvalue weighted by Gasteiger charge is -2.01. The summed E-state index contributed by atoms with van der Waals surface area (Å²) in [5, 5.41) is 0. The quantitative estimate of drug-likeness (QED) is 0.773. The van der Waals surface area contributed by atoms with Gasteiger partial charge in [0, 0.05) is 13.7 Å². The van der Waals surface area contributed by atoms with Gasteiger partial charge in [-0.2, -0.15) is 0 Å². The van der Waals surface area contributed by atoms with Crippen molar-refractivity contribution in [2.45, 2.75) is 13.5 Å². The second-order valence-electron chi connectivity index (χ2n) is 2.19. The number of halogens is 1. The predicted octanol–water partition coefficient (Wildman–Crippen LogP) is 1.72. The molecular formula is C7H11BrN2O. The number of hydrogen-bond donors (Lipinski definition) is 0. The minimum absolute atomic E-state index is 0.582. The normalized spacial score (nSPS) is 10.5. The highest BCUT2D eigenvalue weighted by atomic mass is 79.9. The summed E-state index contributed by atoms with van der Waals surface area (Å²) in [6.45, 7) is 3.28. The molecule has 0 bridgehead atoms. The maximum atomic E-state index is 5.21. The first kappa shape index (κ1) is 8.74. The zero-order chi connectivity index (χ0) is 8.27. The van der Waals surface area contributed by atoms with Crippen LogP contribution in [0.4, 0.5) is 0 Å². The van der Waals surface area contributed by atoms with E-state index in [-0.39, 0.29) is 0 Å². The molecular weight excluding hydrogens is 208 g/mol. The smallest absolute Gasteiger partial charge is 0.135 e. The minimum Gasteiger partial charge on any atom is -0.374 e. The molecule has 1 aromatic heterocycles. The van der Waals surface area contributed by atoms with Gasteiger partial charge in [0.05, 0.1) is 6.20 Å². The molecule has 0 aliphatic rings. The third kappa shape index (κ3) is 2.04. The summed E-state index contributed by atoms with van der Waals surface area (Å²) in [7, 11) is 1.95. The van der Waals surface area contributed by atoms with Gasteiger partial charge in [0.25, 0.3) is 0 Å². The van der Waals surface area contributed by atoms with Crippen LogP contribution < -0.4 is 0 Å². The Labute approximate surface area is 74.5 Å². The monoisotopic (exact) mass is 218 g/mol. The number of rotatable bonds is 3. The van der Waals surface area contributed by atoms with Gasteiger partial charge in [-0.05, 0) is 22.9 Å². The lowest BCUT2D eigenvalue weighted by atomic mass is 10.6. The number of ether oxygens (including phenoxy) is 1. The predicted molar refractivity (Wildman–Crippen MR) is 46.2 cm³/mol. The van der Waals surface area contributed by atoms with E-state index in [1.165, 1.54) is 0 Å². The molecule has 0 amide bonds. The molecule has 0 aromatic carbocycles. The second-order valence-corrected chi connectivity index (χ2v) is 3.01. The van der Waals surface area contributed by atoms with Crippen molar-refractivity contribution in [2.75, 3.05) is 6.61 Å². The molecule has 0 N–H and O–H groups in total. The van der Waals surface area contributed by atoms with Crippen LogP contribution in [0.1, 0.15) is 12.7 Å². The molecule has 0 atom stereocenters. The Bertz CT molecular complexity index is 234. The maximum absolute atomic E-state index is 5.21. The van der Waals surface area contributed by atoms with Gasteiger partial charge in [0.15, 0.2) is 0 Å². The maximum Gasteiger partial charge on any atom is 0.135 e. The van der Waals surface area contributed by atoms with E-state index in [0.717, 1.165) is 17.0 Å². The van der Waals surface area contributed by atoms with Crippen LogP contribution >= 0.6 is 15.9 Å². The van der Waals surface area contributed by atoms with E-state index in [4.69, 9.17) is 4.74 Å². The first-order chi connectivity index (χ1) is 5.25. The molecule has 0 unspecified atom stereocenters. The van der Waals surface area contributed by atoms with Crippen LogP contribution in [-0.2, 0) is 18.4 Å². The summed E-state index contributed by atoms with van der Waals surface area (Å²) in [5.74, 6) is 0.943. The zero-order valence-corrected chi connectivity index (χ0v) is 8.26. The summed E-state index contributed by atoms with van der Waals surface area (Å²) >= 11 is 3.35. The highest BCUT2D eigenvalue weighted by molar-refractivity contribution is 9.10. The van der Waals surface area contributed by atoms with E-state index in [0.29, 0.717) is 6.61 Å². The van der Waals surface area contributed by atoms with Gasteiger partial charge in [-0.15, -0.1) is 0 Å². The van der Waals surface area contributed by atoms with E-state index < -0.39 is 0 Å². The van der Waals surface area contributed by atoms with Gasteiger partial charge in [-0.3, -0.25) is 0 Å². The van der Waals surface area contributed by atoms with Crippen LogP contribution in [0, 0.1) is 0 Å². The first-order valence-electron chi connectivity index (χ1n) is 3.49. The van der Waals surface area contributed by atoms with E-state index in [9.17, 15) is 0 Å². The largest absolute Gasteiger partial charge is 0.374 e. The van der Waals surface area contributed by atoms with Crippen molar-refractivity contribution in [2.24, 2.45) is 7.05 Å². The van der Waals surface area contributed by atoms with Gasteiger partial charge in [0.2, 0.25) is 0 Å².